The van der Waals surface area contributed by atoms with E-state index in [1.54, 1.807) is 0 Å². The van der Waals surface area contributed by atoms with E-state index in [4.69, 9.17) is 5.73 Å². The van der Waals surface area contributed by atoms with Gasteiger partial charge in [0.25, 0.3) is 0 Å². The predicted molar refractivity (Wildman–Crippen MR) is 77.7 cm³/mol. The predicted octanol–water partition coefficient (Wildman–Crippen LogP) is 3.04. The molecule has 2 unspecified atom stereocenters. The number of hydrogen-bond donors (Lipinski definition) is 1. The number of aryl methyl sites for hydroxylation is 2. The van der Waals surface area contributed by atoms with Crippen molar-refractivity contribution in [2.45, 2.75) is 39.7 Å². The Morgan fingerprint density at radius 1 is 1.39 bits per heavy atom. The van der Waals surface area contributed by atoms with Crippen molar-refractivity contribution in [3.8, 4) is 0 Å². The summed E-state index contributed by atoms with van der Waals surface area (Å²) in [6.45, 7) is 10.1. The van der Waals surface area contributed by atoms with Gasteiger partial charge in [0, 0.05) is 19.1 Å². The monoisotopic (exact) mass is 246 g/mol. The second kappa shape index (κ2) is 5.85. The first-order chi connectivity index (χ1) is 8.56. The molecule has 0 aromatic heterocycles. The van der Waals surface area contributed by atoms with Gasteiger partial charge in [0.15, 0.2) is 0 Å². The molecule has 18 heavy (non-hydrogen) atoms. The van der Waals surface area contributed by atoms with Crippen molar-refractivity contribution in [2.75, 3.05) is 19.6 Å². The van der Waals surface area contributed by atoms with Crippen LogP contribution in [0.2, 0.25) is 0 Å². The molecule has 1 fully saturated rings. The largest absolute Gasteiger partial charge is 0.323 e. The lowest BCUT2D eigenvalue weighted by Crippen LogP contribution is -2.39. The van der Waals surface area contributed by atoms with Gasteiger partial charge in [-0.25, -0.2) is 0 Å². The van der Waals surface area contributed by atoms with Crippen molar-refractivity contribution in [2.24, 2.45) is 11.7 Å². The Hall–Kier alpha value is -0.860. The van der Waals surface area contributed by atoms with Gasteiger partial charge in [-0.15, -0.1) is 0 Å². The molecule has 1 heterocycles. The summed E-state index contributed by atoms with van der Waals surface area (Å²) in [5.74, 6) is 0.824. The van der Waals surface area contributed by atoms with Crippen LogP contribution in [-0.2, 0) is 0 Å². The summed E-state index contributed by atoms with van der Waals surface area (Å²) in [5.41, 5.74) is 10.3. The lowest BCUT2D eigenvalue weighted by molar-refractivity contribution is 0.174. The lowest BCUT2D eigenvalue weighted by atomic mass is 9.96. The minimum Gasteiger partial charge on any atom is -0.323 e. The number of benzene rings is 1. The van der Waals surface area contributed by atoms with E-state index >= 15 is 0 Å². The number of rotatable bonds is 3. The highest BCUT2D eigenvalue weighted by Gasteiger charge is 2.19. The quantitative estimate of drug-likeness (QED) is 0.888. The Morgan fingerprint density at radius 2 is 2.17 bits per heavy atom. The molecule has 1 saturated heterocycles. The lowest BCUT2D eigenvalue weighted by Gasteiger charge is -2.33. The van der Waals surface area contributed by atoms with Crippen LogP contribution in [0.3, 0.4) is 0 Å². The van der Waals surface area contributed by atoms with E-state index in [-0.39, 0.29) is 6.04 Å². The molecule has 100 valence electrons. The average Bonchev–Trinajstić information content (AvgIpc) is 2.32. The van der Waals surface area contributed by atoms with Crippen molar-refractivity contribution >= 4 is 0 Å². The summed E-state index contributed by atoms with van der Waals surface area (Å²) < 4.78 is 0. The van der Waals surface area contributed by atoms with Crippen LogP contribution >= 0.6 is 0 Å². The first kappa shape index (κ1) is 13.6. The summed E-state index contributed by atoms with van der Waals surface area (Å²) >= 11 is 0. The third kappa shape index (κ3) is 3.33. The maximum absolute atomic E-state index is 6.40. The van der Waals surface area contributed by atoms with E-state index in [0.717, 1.165) is 12.5 Å². The minimum absolute atomic E-state index is 0.148. The van der Waals surface area contributed by atoms with Gasteiger partial charge in [-0.1, -0.05) is 30.7 Å². The topological polar surface area (TPSA) is 29.3 Å². The normalized spacial score (nSPS) is 23.0. The highest BCUT2D eigenvalue weighted by molar-refractivity contribution is 5.33. The minimum atomic E-state index is 0.148. The first-order valence-electron chi connectivity index (χ1n) is 7.11. The van der Waals surface area contributed by atoms with Crippen LogP contribution in [0.4, 0.5) is 0 Å². The Morgan fingerprint density at radius 3 is 2.89 bits per heavy atom. The van der Waals surface area contributed by atoms with Crippen LogP contribution in [0.25, 0.3) is 0 Å². The van der Waals surface area contributed by atoms with Crippen LogP contribution in [0, 0.1) is 19.8 Å². The molecule has 1 aromatic carbocycles. The molecule has 1 aromatic rings. The number of nitrogens with zero attached hydrogens (tertiary/aromatic N) is 1. The molecule has 0 bridgehead atoms. The van der Waals surface area contributed by atoms with Gasteiger partial charge in [0.2, 0.25) is 0 Å². The molecule has 2 nitrogen and oxygen atoms in total. The fourth-order valence-electron chi connectivity index (χ4n) is 2.99. The Kier molecular flexibility index (Phi) is 4.41. The number of likely N-dealkylation sites (tertiary alicyclic amines) is 1. The third-order valence-electron chi connectivity index (χ3n) is 4.03. The van der Waals surface area contributed by atoms with Crippen LogP contribution in [-0.4, -0.2) is 24.5 Å². The summed E-state index contributed by atoms with van der Waals surface area (Å²) in [6, 6.07) is 6.74. The molecule has 2 atom stereocenters. The average molecular weight is 246 g/mol. The van der Waals surface area contributed by atoms with Crippen molar-refractivity contribution < 1.29 is 0 Å². The summed E-state index contributed by atoms with van der Waals surface area (Å²) in [5, 5.41) is 0. The first-order valence-corrected chi connectivity index (χ1v) is 7.11. The Balaban J connectivity index is 2.02. The zero-order valence-electron chi connectivity index (χ0n) is 11.9. The molecule has 1 aliphatic heterocycles. The number of piperidine rings is 1. The Bertz CT molecular complexity index is 400. The van der Waals surface area contributed by atoms with Crippen LogP contribution in [0.5, 0.6) is 0 Å². The number of hydrogen-bond acceptors (Lipinski definition) is 2. The van der Waals surface area contributed by atoms with Gasteiger partial charge in [0.05, 0.1) is 0 Å². The van der Waals surface area contributed by atoms with Crippen LogP contribution < -0.4 is 5.73 Å². The van der Waals surface area contributed by atoms with Crippen molar-refractivity contribution in [3.63, 3.8) is 0 Å². The second-order valence-electron chi connectivity index (χ2n) is 5.97. The molecule has 2 N–H and O–H groups in total. The van der Waals surface area contributed by atoms with Gasteiger partial charge in [-0.3, -0.25) is 0 Å². The summed E-state index contributed by atoms with van der Waals surface area (Å²) in [7, 11) is 0. The van der Waals surface area contributed by atoms with Gasteiger partial charge < -0.3 is 10.6 Å². The molecule has 0 radical (unpaired) electrons. The molecular weight excluding hydrogens is 220 g/mol. The highest BCUT2D eigenvalue weighted by atomic mass is 15.1. The van der Waals surface area contributed by atoms with E-state index in [9.17, 15) is 0 Å². The zero-order chi connectivity index (χ0) is 13.1. The highest BCUT2D eigenvalue weighted by Crippen LogP contribution is 2.21. The zero-order valence-corrected chi connectivity index (χ0v) is 11.9. The van der Waals surface area contributed by atoms with Crippen molar-refractivity contribution in [3.05, 3.63) is 34.9 Å². The summed E-state index contributed by atoms with van der Waals surface area (Å²) in [4.78, 5) is 2.53. The van der Waals surface area contributed by atoms with E-state index < -0.39 is 0 Å². The van der Waals surface area contributed by atoms with Gasteiger partial charge in [-0.05, 0) is 50.3 Å². The van der Waals surface area contributed by atoms with E-state index in [1.165, 1.54) is 42.6 Å². The molecular formula is C16H26N2. The van der Waals surface area contributed by atoms with Crippen molar-refractivity contribution in [1.82, 2.24) is 4.90 Å². The van der Waals surface area contributed by atoms with Gasteiger partial charge in [0.1, 0.15) is 0 Å². The molecule has 0 aliphatic carbocycles. The molecule has 0 spiro atoms. The molecule has 2 heteroatoms. The van der Waals surface area contributed by atoms with E-state index in [0.29, 0.717) is 0 Å². The maximum Gasteiger partial charge on any atom is 0.0427 e. The van der Waals surface area contributed by atoms with E-state index in [2.05, 4.69) is 43.9 Å². The molecule has 0 amide bonds. The number of nitrogens with two attached hydrogens (primary N) is 1. The van der Waals surface area contributed by atoms with Crippen LogP contribution in [0.1, 0.15) is 42.5 Å². The SMILES string of the molecule is Cc1ccc(C)c(C(N)CN2CCCC(C)C2)c1. The fourth-order valence-corrected chi connectivity index (χ4v) is 2.99. The summed E-state index contributed by atoms with van der Waals surface area (Å²) in [6.07, 6.45) is 2.69. The Labute approximate surface area is 111 Å². The molecule has 2 rings (SSSR count). The van der Waals surface area contributed by atoms with Crippen LogP contribution in [0.15, 0.2) is 18.2 Å². The third-order valence-corrected chi connectivity index (χ3v) is 4.03. The maximum atomic E-state index is 6.40. The molecule has 1 aliphatic rings. The smallest absolute Gasteiger partial charge is 0.0427 e. The van der Waals surface area contributed by atoms with E-state index in [1.807, 2.05) is 0 Å². The fraction of sp³-hybridized carbons (Fsp3) is 0.625. The second-order valence-corrected chi connectivity index (χ2v) is 5.97. The standard InChI is InChI=1S/C16H26N2/c1-12-6-7-14(3)15(9-12)16(17)11-18-8-4-5-13(2)10-18/h6-7,9,13,16H,4-5,8,10-11,17H2,1-3H3. The van der Waals surface area contributed by atoms with Gasteiger partial charge in [-0.2, -0.15) is 0 Å². The van der Waals surface area contributed by atoms with Crippen molar-refractivity contribution in [1.29, 1.82) is 0 Å². The van der Waals surface area contributed by atoms with Gasteiger partial charge >= 0.3 is 0 Å². The molecule has 0 saturated carbocycles.